The third kappa shape index (κ3) is 3.67. The first-order valence-electron chi connectivity index (χ1n) is 7.56. The van der Waals surface area contributed by atoms with E-state index in [2.05, 4.69) is 13.8 Å². The molecule has 0 aliphatic heterocycles. The molecule has 1 aliphatic rings. The van der Waals surface area contributed by atoms with Gasteiger partial charge in [0.2, 0.25) is 0 Å². The summed E-state index contributed by atoms with van der Waals surface area (Å²) in [5, 5.41) is 11.3. The summed E-state index contributed by atoms with van der Waals surface area (Å²) < 4.78 is 5.92. The lowest BCUT2D eigenvalue weighted by Gasteiger charge is -2.32. The minimum Gasteiger partial charge on any atom is -0.490 e. The number of rotatable bonds is 4. The number of hydrogen-bond acceptors (Lipinski definition) is 2. The molecule has 1 aliphatic carbocycles. The van der Waals surface area contributed by atoms with Crippen LogP contribution in [0.4, 0.5) is 0 Å². The topological polar surface area (TPSA) is 29.5 Å². The van der Waals surface area contributed by atoms with Crippen LogP contribution in [0.1, 0.15) is 63.0 Å². The Morgan fingerprint density at radius 3 is 2.50 bits per heavy atom. The average Bonchev–Trinajstić information content (AvgIpc) is 2.38. The van der Waals surface area contributed by atoms with Crippen LogP contribution >= 0.6 is 11.6 Å². The van der Waals surface area contributed by atoms with Gasteiger partial charge in [-0.05, 0) is 48.9 Å². The molecule has 2 nitrogen and oxygen atoms in total. The van der Waals surface area contributed by atoms with Crippen LogP contribution in [-0.4, -0.2) is 17.3 Å². The van der Waals surface area contributed by atoms with Gasteiger partial charge in [0.1, 0.15) is 12.4 Å². The normalized spacial score (nSPS) is 18.3. The first-order chi connectivity index (χ1) is 9.41. The largest absolute Gasteiger partial charge is 0.490 e. The lowest BCUT2D eigenvalue weighted by molar-refractivity contribution is -0.0340. The van der Waals surface area contributed by atoms with Crippen molar-refractivity contribution in [1.29, 1.82) is 0 Å². The minimum atomic E-state index is -0.650. The number of hydrogen-bond donors (Lipinski definition) is 1. The highest BCUT2D eigenvalue weighted by molar-refractivity contribution is 6.31. The molecule has 0 amide bonds. The summed E-state index contributed by atoms with van der Waals surface area (Å²) >= 11 is 6.27. The summed E-state index contributed by atoms with van der Waals surface area (Å²) in [5.74, 6) is 1.21. The van der Waals surface area contributed by atoms with E-state index in [0.717, 1.165) is 47.6 Å². The SMILES string of the molecule is Cc1cc(Cl)c(C(C)C)cc1OCC1(O)CCCCC1. The fraction of sp³-hybridized carbons (Fsp3) is 0.647. The maximum atomic E-state index is 10.5. The van der Waals surface area contributed by atoms with E-state index in [1.54, 1.807) is 0 Å². The Labute approximate surface area is 127 Å². The van der Waals surface area contributed by atoms with Crippen molar-refractivity contribution in [3.63, 3.8) is 0 Å². The number of benzene rings is 1. The standard InChI is InChI=1S/C17H25ClO2/c1-12(2)14-10-16(13(3)9-15(14)18)20-11-17(19)7-5-4-6-8-17/h9-10,12,19H,4-8,11H2,1-3H3. The molecule has 0 atom stereocenters. The fourth-order valence-electron chi connectivity index (χ4n) is 2.83. The van der Waals surface area contributed by atoms with E-state index in [1.807, 2.05) is 19.1 Å². The van der Waals surface area contributed by atoms with Crippen LogP contribution in [0.5, 0.6) is 5.75 Å². The second kappa shape index (κ2) is 6.36. The van der Waals surface area contributed by atoms with Crippen molar-refractivity contribution in [2.45, 2.75) is 64.4 Å². The second-order valence-electron chi connectivity index (χ2n) is 6.37. The molecule has 0 bridgehead atoms. The lowest BCUT2D eigenvalue weighted by Crippen LogP contribution is -2.38. The zero-order valence-electron chi connectivity index (χ0n) is 12.7. The van der Waals surface area contributed by atoms with Crippen molar-refractivity contribution in [2.24, 2.45) is 0 Å². The summed E-state index contributed by atoms with van der Waals surface area (Å²) in [6.07, 6.45) is 5.10. The highest BCUT2D eigenvalue weighted by atomic mass is 35.5. The van der Waals surface area contributed by atoms with Crippen molar-refractivity contribution < 1.29 is 9.84 Å². The summed E-state index contributed by atoms with van der Waals surface area (Å²) in [6, 6.07) is 3.98. The van der Waals surface area contributed by atoms with Gasteiger partial charge in [-0.3, -0.25) is 0 Å². The Hall–Kier alpha value is -0.730. The van der Waals surface area contributed by atoms with Crippen molar-refractivity contribution in [1.82, 2.24) is 0 Å². The van der Waals surface area contributed by atoms with Gasteiger partial charge in [0.25, 0.3) is 0 Å². The molecule has 112 valence electrons. The van der Waals surface area contributed by atoms with E-state index in [1.165, 1.54) is 6.42 Å². The monoisotopic (exact) mass is 296 g/mol. The average molecular weight is 297 g/mol. The van der Waals surface area contributed by atoms with Gasteiger partial charge in [-0.1, -0.05) is 44.7 Å². The maximum Gasteiger partial charge on any atom is 0.122 e. The van der Waals surface area contributed by atoms with Gasteiger partial charge in [-0.2, -0.15) is 0 Å². The molecule has 0 aromatic heterocycles. The molecule has 0 spiro atoms. The van der Waals surface area contributed by atoms with E-state index < -0.39 is 5.60 Å². The molecule has 1 saturated carbocycles. The van der Waals surface area contributed by atoms with E-state index in [9.17, 15) is 5.11 Å². The van der Waals surface area contributed by atoms with E-state index in [-0.39, 0.29) is 0 Å². The molecule has 1 aromatic rings. The highest BCUT2D eigenvalue weighted by Crippen LogP contribution is 2.33. The molecule has 20 heavy (non-hydrogen) atoms. The minimum absolute atomic E-state index is 0.364. The van der Waals surface area contributed by atoms with E-state index in [0.29, 0.717) is 12.5 Å². The predicted octanol–water partition coefficient (Wildman–Crippen LogP) is 4.85. The summed E-state index contributed by atoms with van der Waals surface area (Å²) in [6.45, 7) is 6.62. The van der Waals surface area contributed by atoms with Gasteiger partial charge in [0.15, 0.2) is 0 Å². The Morgan fingerprint density at radius 2 is 1.90 bits per heavy atom. The molecule has 3 heteroatoms. The number of aliphatic hydroxyl groups is 1. The molecule has 2 rings (SSSR count). The quantitative estimate of drug-likeness (QED) is 0.861. The molecule has 0 heterocycles. The van der Waals surface area contributed by atoms with Crippen LogP contribution in [0.3, 0.4) is 0 Å². The number of ether oxygens (including phenoxy) is 1. The number of aryl methyl sites for hydroxylation is 1. The summed E-state index contributed by atoms with van der Waals surface area (Å²) in [5.41, 5.74) is 1.48. The third-order valence-electron chi connectivity index (χ3n) is 4.20. The molecule has 1 aromatic carbocycles. The number of halogens is 1. The van der Waals surface area contributed by atoms with Gasteiger partial charge in [-0.25, -0.2) is 0 Å². The Morgan fingerprint density at radius 1 is 1.25 bits per heavy atom. The van der Waals surface area contributed by atoms with Gasteiger partial charge < -0.3 is 9.84 Å². The van der Waals surface area contributed by atoms with E-state index in [4.69, 9.17) is 16.3 Å². The van der Waals surface area contributed by atoms with Crippen LogP contribution < -0.4 is 4.74 Å². The summed E-state index contributed by atoms with van der Waals surface area (Å²) in [4.78, 5) is 0. The van der Waals surface area contributed by atoms with Crippen LogP contribution in [0.2, 0.25) is 5.02 Å². The lowest BCUT2D eigenvalue weighted by atomic mass is 9.85. The molecule has 0 saturated heterocycles. The molecular formula is C17H25ClO2. The molecular weight excluding hydrogens is 272 g/mol. The van der Waals surface area contributed by atoms with Crippen molar-refractivity contribution >= 4 is 11.6 Å². The zero-order chi connectivity index (χ0) is 14.8. The van der Waals surface area contributed by atoms with Crippen LogP contribution in [0, 0.1) is 6.92 Å². The Kier molecular flexibility index (Phi) is 4.98. The van der Waals surface area contributed by atoms with Gasteiger partial charge >= 0.3 is 0 Å². The Bertz CT molecular complexity index is 462. The van der Waals surface area contributed by atoms with Crippen LogP contribution in [0.25, 0.3) is 0 Å². The molecule has 1 fully saturated rings. The highest BCUT2D eigenvalue weighted by Gasteiger charge is 2.30. The van der Waals surface area contributed by atoms with Gasteiger partial charge in [-0.15, -0.1) is 0 Å². The molecule has 0 unspecified atom stereocenters. The van der Waals surface area contributed by atoms with Crippen LogP contribution in [-0.2, 0) is 0 Å². The van der Waals surface area contributed by atoms with Gasteiger partial charge in [0, 0.05) is 5.02 Å². The molecule has 0 radical (unpaired) electrons. The van der Waals surface area contributed by atoms with E-state index >= 15 is 0 Å². The van der Waals surface area contributed by atoms with Gasteiger partial charge in [0.05, 0.1) is 5.60 Å². The van der Waals surface area contributed by atoms with Crippen molar-refractivity contribution in [2.75, 3.05) is 6.61 Å². The zero-order valence-corrected chi connectivity index (χ0v) is 13.5. The van der Waals surface area contributed by atoms with Crippen LogP contribution in [0.15, 0.2) is 12.1 Å². The van der Waals surface area contributed by atoms with Crippen molar-refractivity contribution in [3.8, 4) is 5.75 Å². The first kappa shape index (κ1) is 15.7. The smallest absolute Gasteiger partial charge is 0.122 e. The second-order valence-corrected chi connectivity index (χ2v) is 6.77. The predicted molar refractivity (Wildman–Crippen MR) is 83.8 cm³/mol. The third-order valence-corrected chi connectivity index (χ3v) is 4.52. The Balaban J connectivity index is 2.10. The summed E-state index contributed by atoms with van der Waals surface area (Å²) in [7, 11) is 0. The first-order valence-corrected chi connectivity index (χ1v) is 7.94. The maximum absolute atomic E-state index is 10.5. The van der Waals surface area contributed by atoms with Crippen molar-refractivity contribution in [3.05, 3.63) is 28.3 Å². The fourth-order valence-corrected chi connectivity index (χ4v) is 3.27. The molecule has 1 N–H and O–H groups in total.